The fourth-order valence-electron chi connectivity index (χ4n) is 3.57. The molecular formula is C26H34N2O3. The highest BCUT2D eigenvalue weighted by molar-refractivity contribution is 5.98. The number of hydrogen-bond donors (Lipinski definition) is 1. The van der Waals surface area contributed by atoms with Gasteiger partial charge in [-0.2, -0.15) is 0 Å². The Bertz CT molecular complexity index is 949. The summed E-state index contributed by atoms with van der Waals surface area (Å²) in [6, 6.07) is 13.6. The van der Waals surface area contributed by atoms with Crippen molar-refractivity contribution in [1.82, 2.24) is 5.32 Å². The average molecular weight is 423 g/mol. The van der Waals surface area contributed by atoms with E-state index < -0.39 is 0 Å². The largest absolute Gasteiger partial charge is 0.482 e. The van der Waals surface area contributed by atoms with E-state index in [1.165, 1.54) is 5.56 Å². The van der Waals surface area contributed by atoms with Gasteiger partial charge in [0.05, 0.1) is 12.2 Å². The zero-order valence-electron chi connectivity index (χ0n) is 19.3. The first-order valence-electron chi connectivity index (χ1n) is 11.2. The van der Waals surface area contributed by atoms with Crippen LogP contribution in [0.3, 0.4) is 0 Å². The number of amides is 2. The first kappa shape index (κ1) is 22.9. The van der Waals surface area contributed by atoms with Crippen LogP contribution in [-0.2, 0) is 16.8 Å². The Hall–Kier alpha value is -2.82. The highest BCUT2D eigenvalue weighted by Gasteiger charge is 2.28. The summed E-state index contributed by atoms with van der Waals surface area (Å²) in [6.45, 7) is 11.9. The number of benzene rings is 2. The molecule has 0 unspecified atom stereocenters. The molecule has 0 spiro atoms. The monoisotopic (exact) mass is 422 g/mol. The SMILES string of the molecule is CCC(C)(C)c1ccc2c(c1)N(Cc1cccc(C(=O)NCCC(C)C)c1)C(=O)CO2. The van der Waals surface area contributed by atoms with Crippen molar-refractivity contribution in [2.45, 2.75) is 59.4 Å². The lowest BCUT2D eigenvalue weighted by Crippen LogP contribution is -2.38. The third kappa shape index (κ3) is 5.46. The van der Waals surface area contributed by atoms with E-state index >= 15 is 0 Å². The van der Waals surface area contributed by atoms with E-state index in [9.17, 15) is 9.59 Å². The fraction of sp³-hybridized carbons (Fsp3) is 0.462. The van der Waals surface area contributed by atoms with Gasteiger partial charge in [0.25, 0.3) is 11.8 Å². The molecule has 2 aromatic carbocycles. The van der Waals surface area contributed by atoms with Gasteiger partial charge in [0.15, 0.2) is 6.61 Å². The third-order valence-electron chi connectivity index (χ3n) is 6.10. The van der Waals surface area contributed by atoms with Crippen LogP contribution in [-0.4, -0.2) is 25.0 Å². The Morgan fingerprint density at radius 1 is 1.19 bits per heavy atom. The van der Waals surface area contributed by atoms with Crippen LogP contribution < -0.4 is 15.0 Å². The van der Waals surface area contributed by atoms with E-state index in [1.54, 1.807) is 4.90 Å². The van der Waals surface area contributed by atoms with Crippen LogP contribution in [0.1, 0.15) is 68.9 Å². The van der Waals surface area contributed by atoms with Gasteiger partial charge < -0.3 is 15.0 Å². The molecule has 5 nitrogen and oxygen atoms in total. The summed E-state index contributed by atoms with van der Waals surface area (Å²) in [4.78, 5) is 27.0. The molecule has 2 amide bonds. The Morgan fingerprint density at radius 3 is 2.68 bits per heavy atom. The van der Waals surface area contributed by atoms with Crippen molar-refractivity contribution in [1.29, 1.82) is 0 Å². The minimum atomic E-state index is -0.0804. The predicted molar refractivity (Wildman–Crippen MR) is 125 cm³/mol. The van der Waals surface area contributed by atoms with Gasteiger partial charge >= 0.3 is 0 Å². The smallest absolute Gasteiger partial charge is 0.265 e. The number of hydrogen-bond acceptors (Lipinski definition) is 3. The topological polar surface area (TPSA) is 58.6 Å². The standard InChI is InChI=1S/C26H34N2O3/c1-6-26(4,5)21-10-11-23-22(15-21)28(24(29)17-31-23)16-19-8-7-9-20(14-19)25(30)27-13-12-18(2)3/h7-11,14-15,18H,6,12-13,16-17H2,1-5H3,(H,27,30). The summed E-state index contributed by atoms with van der Waals surface area (Å²) in [5.41, 5.74) is 3.51. The molecule has 0 bridgehead atoms. The van der Waals surface area contributed by atoms with Crippen LogP contribution in [0.25, 0.3) is 0 Å². The van der Waals surface area contributed by atoms with Gasteiger partial charge in [0, 0.05) is 12.1 Å². The van der Waals surface area contributed by atoms with Crippen molar-refractivity contribution in [3.05, 3.63) is 59.2 Å². The molecule has 5 heteroatoms. The zero-order chi connectivity index (χ0) is 22.6. The lowest BCUT2D eigenvalue weighted by molar-refractivity contribution is -0.121. The van der Waals surface area contributed by atoms with E-state index in [0.717, 1.165) is 29.8 Å². The van der Waals surface area contributed by atoms with Crippen LogP contribution in [0.2, 0.25) is 0 Å². The Morgan fingerprint density at radius 2 is 1.97 bits per heavy atom. The van der Waals surface area contributed by atoms with Gasteiger partial charge in [-0.25, -0.2) is 0 Å². The molecule has 0 radical (unpaired) electrons. The summed E-state index contributed by atoms with van der Waals surface area (Å²) in [5, 5.41) is 2.98. The molecule has 0 fully saturated rings. The number of rotatable bonds is 8. The Labute approximate surface area is 185 Å². The van der Waals surface area contributed by atoms with E-state index in [0.29, 0.717) is 24.6 Å². The number of carbonyl (C=O) groups excluding carboxylic acids is 2. The molecule has 2 aromatic rings. The maximum absolute atomic E-state index is 12.7. The highest BCUT2D eigenvalue weighted by atomic mass is 16.5. The molecule has 1 aliphatic heterocycles. The molecule has 0 aliphatic carbocycles. The first-order valence-corrected chi connectivity index (χ1v) is 11.2. The summed E-state index contributed by atoms with van der Waals surface area (Å²) in [5.74, 6) is 1.10. The van der Waals surface area contributed by atoms with Crippen molar-refractivity contribution < 1.29 is 14.3 Å². The van der Waals surface area contributed by atoms with Crippen LogP contribution >= 0.6 is 0 Å². The van der Waals surface area contributed by atoms with Crippen molar-refractivity contribution >= 4 is 17.5 Å². The quantitative estimate of drug-likeness (QED) is 0.646. The second-order valence-electron chi connectivity index (χ2n) is 9.33. The van der Waals surface area contributed by atoms with Gasteiger partial charge in [0.2, 0.25) is 0 Å². The predicted octanol–water partition coefficient (Wildman–Crippen LogP) is 5.08. The lowest BCUT2D eigenvalue weighted by atomic mass is 9.82. The van der Waals surface area contributed by atoms with Crippen LogP contribution in [0, 0.1) is 5.92 Å². The van der Waals surface area contributed by atoms with Crippen molar-refractivity contribution in [3.8, 4) is 5.75 Å². The summed E-state index contributed by atoms with van der Waals surface area (Å²) >= 11 is 0. The molecule has 1 heterocycles. The van der Waals surface area contributed by atoms with E-state index in [4.69, 9.17) is 4.74 Å². The molecule has 0 atom stereocenters. The first-order chi connectivity index (χ1) is 14.7. The molecule has 166 valence electrons. The second-order valence-corrected chi connectivity index (χ2v) is 9.33. The van der Waals surface area contributed by atoms with Gasteiger partial charge in [-0.05, 0) is 59.6 Å². The zero-order valence-corrected chi connectivity index (χ0v) is 19.3. The average Bonchev–Trinajstić information content (AvgIpc) is 2.75. The second kappa shape index (κ2) is 9.54. The lowest BCUT2D eigenvalue weighted by Gasteiger charge is -2.32. The van der Waals surface area contributed by atoms with Crippen molar-refractivity contribution in [2.75, 3.05) is 18.1 Å². The minimum Gasteiger partial charge on any atom is -0.482 e. The van der Waals surface area contributed by atoms with Crippen molar-refractivity contribution in [3.63, 3.8) is 0 Å². The van der Waals surface area contributed by atoms with Crippen LogP contribution in [0.4, 0.5) is 5.69 Å². The summed E-state index contributed by atoms with van der Waals surface area (Å²) in [6.07, 6.45) is 1.94. The maximum atomic E-state index is 12.7. The number of nitrogens with zero attached hydrogens (tertiary/aromatic N) is 1. The summed E-state index contributed by atoms with van der Waals surface area (Å²) < 4.78 is 5.68. The third-order valence-corrected chi connectivity index (χ3v) is 6.10. The van der Waals surface area contributed by atoms with E-state index in [-0.39, 0.29) is 23.8 Å². The molecule has 1 aliphatic rings. The van der Waals surface area contributed by atoms with E-state index in [2.05, 4.69) is 52.1 Å². The van der Waals surface area contributed by atoms with Crippen LogP contribution in [0.5, 0.6) is 5.75 Å². The van der Waals surface area contributed by atoms with E-state index in [1.807, 2.05) is 30.3 Å². The number of ether oxygens (including phenoxy) is 1. The molecule has 31 heavy (non-hydrogen) atoms. The van der Waals surface area contributed by atoms with Crippen LogP contribution in [0.15, 0.2) is 42.5 Å². The maximum Gasteiger partial charge on any atom is 0.265 e. The number of carbonyl (C=O) groups is 2. The Balaban J connectivity index is 1.82. The van der Waals surface area contributed by atoms with Crippen molar-refractivity contribution in [2.24, 2.45) is 5.92 Å². The van der Waals surface area contributed by atoms with Gasteiger partial charge in [-0.15, -0.1) is 0 Å². The van der Waals surface area contributed by atoms with Gasteiger partial charge in [0.1, 0.15) is 5.75 Å². The highest BCUT2D eigenvalue weighted by Crippen LogP contribution is 2.38. The normalized spacial score (nSPS) is 13.7. The molecular weight excluding hydrogens is 388 g/mol. The number of fused-ring (bicyclic) bond motifs is 1. The molecule has 0 saturated heterocycles. The number of nitrogens with one attached hydrogen (secondary N) is 1. The molecule has 3 rings (SSSR count). The molecule has 0 saturated carbocycles. The van der Waals surface area contributed by atoms with Gasteiger partial charge in [-0.1, -0.05) is 52.8 Å². The Kier molecular flexibility index (Phi) is 7.04. The summed E-state index contributed by atoms with van der Waals surface area (Å²) in [7, 11) is 0. The fourth-order valence-corrected chi connectivity index (χ4v) is 3.57. The molecule has 0 aromatic heterocycles. The number of anilines is 1. The van der Waals surface area contributed by atoms with Gasteiger partial charge in [-0.3, -0.25) is 9.59 Å². The molecule has 1 N–H and O–H groups in total. The minimum absolute atomic E-state index is 0.00911.